The molecule has 3 aromatic heterocycles. The zero-order chi connectivity index (χ0) is 20.5. The largest absolute Gasteiger partial charge is 0.320 e. The second-order valence-electron chi connectivity index (χ2n) is 6.79. The number of rotatable bonds is 3. The average molecular weight is 389 g/mol. The molecule has 0 unspecified atom stereocenters. The highest BCUT2D eigenvalue weighted by Gasteiger charge is 2.19. The molecule has 6 heteroatoms. The van der Waals surface area contributed by atoms with E-state index in [1.807, 2.05) is 65.2 Å². The van der Waals surface area contributed by atoms with Gasteiger partial charge in [-0.05, 0) is 48.5 Å². The Bertz CT molecular complexity index is 1440. The lowest BCUT2D eigenvalue weighted by Crippen LogP contribution is -2.13. The number of aromatic nitrogens is 3. The molecule has 0 saturated heterocycles. The molecule has 0 aliphatic heterocycles. The Balaban J connectivity index is 1.59. The molecule has 5 aromatic rings. The fourth-order valence-corrected chi connectivity index (χ4v) is 3.52. The molecule has 6 nitrogen and oxygen atoms in total. The smallest absolute Gasteiger partial charge is 0.276 e. The Morgan fingerprint density at radius 2 is 1.87 bits per heavy atom. The number of carbonyl (C=O) groups is 1. The number of anilines is 1. The van der Waals surface area contributed by atoms with E-state index in [1.54, 1.807) is 24.5 Å². The fraction of sp³-hybridized carbons (Fsp3) is 0. The van der Waals surface area contributed by atoms with Crippen LogP contribution in [0.2, 0.25) is 0 Å². The van der Waals surface area contributed by atoms with E-state index in [0.29, 0.717) is 28.3 Å². The van der Waals surface area contributed by atoms with E-state index in [4.69, 9.17) is 5.26 Å². The van der Waals surface area contributed by atoms with Gasteiger partial charge in [-0.25, -0.2) is 4.98 Å². The summed E-state index contributed by atoms with van der Waals surface area (Å²) >= 11 is 0. The quantitative estimate of drug-likeness (QED) is 0.486. The maximum atomic E-state index is 13.2. The molecule has 0 radical (unpaired) electrons. The zero-order valence-electron chi connectivity index (χ0n) is 15.8. The minimum atomic E-state index is -0.289. The number of benzene rings is 2. The van der Waals surface area contributed by atoms with Gasteiger partial charge in [-0.2, -0.15) is 5.26 Å². The lowest BCUT2D eigenvalue weighted by Gasteiger charge is -2.07. The number of hydrogen-bond acceptors (Lipinski definition) is 4. The van der Waals surface area contributed by atoms with Crippen LogP contribution in [0, 0.1) is 11.3 Å². The molecule has 0 aliphatic rings. The molecule has 2 aromatic carbocycles. The number of imidazole rings is 1. The topological polar surface area (TPSA) is 83.1 Å². The Morgan fingerprint density at radius 1 is 1.00 bits per heavy atom. The summed E-state index contributed by atoms with van der Waals surface area (Å²) in [6.45, 7) is 0. The minimum Gasteiger partial charge on any atom is -0.320 e. The summed E-state index contributed by atoms with van der Waals surface area (Å²) in [4.78, 5) is 22.0. The van der Waals surface area contributed by atoms with Crippen LogP contribution in [-0.2, 0) is 0 Å². The van der Waals surface area contributed by atoms with Crippen molar-refractivity contribution in [1.29, 1.82) is 5.26 Å². The first-order valence-corrected chi connectivity index (χ1v) is 9.36. The van der Waals surface area contributed by atoms with E-state index in [9.17, 15) is 4.79 Å². The Morgan fingerprint density at radius 3 is 2.70 bits per heavy atom. The monoisotopic (exact) mass is 389 g/mol. The molecular weight excluding hydrogens is 374 g/mol. The second-order valence-corrected chi connectivity index (χ2v) is 6.79. The summed E-state index contributed by atoms with van der Waals surface area (Å²) in [6, 6.07) is 22.5. The van der Waals surface area contributed by atoms with Crippen LogP contribution in [-0.4, -0.2) is 20.3 Å². The van der Waals surface area contributed by atoms with Crippen LogP contribution in [0.25, 0.3) is 27.7 Å². The van der Waals surface area contributed by atoms with E-state index < -0.39 is 0 Å². The van der Waals surface area contributed by atoms with Gasteiger partial charge in [0.1, 0.15) is 5.82 Å². The van der Waals surface area contributed by atoms with Crippen molar-refractivity contribution < 1.29 is 4.79 Å². The molecule has 5 rings (SSSR count). The van der Waals surface area contributed by atoms with Gasteiger partial charge in [0.15, 0.2) is 5.69 Å². The number of nitrogens with zero attached hydrogens (tertiary/aromatic N) is 4. The number of fused-ring (bicyclic) bond motifs is 2. The van der Waals surface area contributed by atoms with E-state index in [1.165, 1.54) is 0 Å². The summed E-state index contributed by atoms with van der Waals surface area (Å²) in [5.41, 5.74) is 3.14. The van der Waals surface area contributed by atoms with Gasteiger partial charge in [-0.3, -0.25) is 14.2 Å². The van der Waals surface area contributed by atoms with Crippen molar-refractivity contribution in [3.8, 4) is 17.5 Å². The third kappa shape index (κ3) is 2.95. The lowest BCUT2D eigenvalue weighted by atomic mass is 10.1. The normalized spacial score (nSPS) is 10.8. The van der Waals surface area contributed by atoms with Crippen LogP contribution >= 0.6 is 0 Å². The molecule has 1 amide bonds. The van der Waals surface area contributed by atoms with Crippen LogP contribution in [0.5, 0.6) is 0 Å². The van der Waals surface area contributed by atoms with Gasteiger partial charge in [0.2, 0.25) is 0 Å². The Hall–Kier alpha value is -4.50. The molecule has 142 valence electrons. The first kappa shape index (κ1) is 17.6. The van der Waals surface area contributed by atoms with Gasteiger partial charge >= 0.3 is 0 Å². The van der Waals surface area contributed by atoms with Crippen LogP contribution in [0.15, 0.2) is 85.3 Å². The third-order valence-electron chi connectivity index (χ3n) is 4.96. The summed E-state index contributed by atoms with van der Waals surface area (Å²) in [7, 11) is 0. The van der Waals surface area contributed by atoms with E-state index >= 15 is 0 Å². The van der Waals surface area contributed by atoms with Crippen molar-refractivity contribution in [2.45, 2.75) is 0 Å². The Kier molecular flexibility index (Phi) is 4.19. The highest BCUT2D eigenvalue weighted by molar-refractivity contribution is 6.11. The molecular formula is C24H15N5O. The predicted octanol–water partition coefficient (Wildman–Crippen LogP) is 4.67. The number of pyridine rings is 2. The van der Waals surface area contributed by atoms with Crippen molar-refractivity contribution in [2.24, 2.45) is 0 Å². The van der Waals surface area contributed by atoms with Gasteiger partial charge in [0, 0.05) is 40.6 Å². The third-order valence-corrected chi connectivity index (χ3v) is 4.96. The second kappa shape index (κ2) is 7.15. The van der Waals surface area contributed by atoms with Gasteiger partial charge in [-0.15, -0.1) is 0 Å². The maximum Gasteiger partial charge on any atom is 0.276 e. The predicted molar refractivity (Wildman–Crippen MR) is 115 cm³/mol. The van der Waals surface area contributed by atoms with Crippen molar-refractivity contribution in [3.63, 3.8) is 0 Å². The molecule has 0 saturated carbocycles. The molecule has 30 heavy (non-hydrogen) atoms. The van der Waals surface area contributed by atoms with Crippen molar-refractivity contribution in [1.82, 2.24) is 14.4 Å². The lowest BCUT2D eigenvalue weighted by molar-refractivity contribution is 0.102. The van der Waals surface area contributed by atoms with Crippen LogP contribution < -0.4 is 5.32 Å². The zero-order valence-corrected chi connectivity index (χ0v) is 15.8. The van der Waals surface area contributed by atoms with E-state index in [-0.39, 0.29) is 5.91 Å². The Labute approximate surface area is 172 Å². The van der Waals surface area contributed by atoms with E-state index in [0.717, 1.165) is 16.3 Å². The van der Waals surface area contributed by atoms with Gasteiger partial charge < -0.3 is 5.32 Å². The van der Waals surface area contributed by atoms with Crippen molar-refractivity contribution in [3.05, 3.63) is 96.6 Å². The molecule has 1 N–H and O–H groups in total. The van der Waals surface area contributed by atoms with Gasteiger partial charge in [0.05, 0.1) is 17.1 Å². The summed E-state index contributed by atoms with van der Waals surface area (Å²) in [5, 5.41) is 13.9. The molecule has 0 bridgehead atoms. The highest BCUT2D eigenvalue weighted by atomic mass is 16.1. The van der Waals surface area contributed by atoms with Crippen LogP contribution in [0.1, 0.15) is 16.1 Å². The molecule has 3 heterocycles. The minimum absolute atomic E-state index is 0.289. The molecule has 0 aliphatic carbocycles. The number of nitrogens with one attached hydrogen (secondary N) is 1. The average Bonchev–Trinajstić information content (AvgIpc) is 3.19. The number of hydrogen-bond donors (Lipinski definition) is 1. The van der Waals surface area contributed by atoms with Crippen molar-refractivity contribution >= 4 is 27.9 Å². The van der Waals surface area contributed by atoms with Gasteiger partial charge in [-0.1, -0.05) is 18.2 Å². The number of nitriles is 1. The van der Waals surface area contributed by atoms with E-state index in [2.05, 4.69) is 21.4 Å². The molecule has 0 spiro atoms. The standard InChI is InChI=1S/C24H15N5O/c25-14-16-7-9-17(10-8-16)23-28-22(21-6-1-2-13-29(21)23)24(30)27-20-5-3-4-18-15-26-12-11-19(18)20/h1-13,15H,(H,27,30). The van der Waals surface area contributed by atoms with Gasteiger partial charge in [0.25, 0.3) is 5.91 Å². The fourth-order valence-electron chi connectivity index (χ4n) is 3.52. The highest BCUT2D eigenvalue weighted by Crippen LogP contribution is 2.26. The first-order valence-electron chi connectivity index (χ1n) is 9.36. The SMILES string of the molecule is N#Cc1ccc(-c2nc(C(=O)Nc3cccc4cnccc34)c3ccccn23)cc1. The van der Waals surface area contributed by atoms with Crippen LogP contribution in [0.3, 0.4) is 0 Å². The maximum absolute atomic E-state index is 13.2. The summed E-state index contributed by atoms with van der Waals surface area (Å²) < 4.78 is 1.88. The first-order chi connectivity index (χ1) is 14.7. The molecule has 0 fully saturated rings. The molecule has 0 atom stereocenters. The summed E-state index contributed by atoms with van der Waals surface area (Å²) in [6.07, 6.45) is 5.34. The number of carbonyl (C=O) groups excluding carboxylic acids is 1. The van der Waals surface area contributed by atoms with Crippen molar-refractivity contribution in [2.75, 3.05) is 5.32 Å². The van der Waals surface area contributed by atoms with Crippen LogP contribution in [0.4, 0.5) is 5.69 Å². The summed E-state index contributed by atoms with van der Waals surface area (Å²) in [5.74, 6) is 0.352. The number of amides is 1.